The van der Waals surface area contributed by atoms with E-state index in [0.29, 0.717) is 19.3 Å². The quantitative estimate of drug-likeness (QED) is 0.0263. The van der Waals surface area contributed by atoms with Crippen molar-refractivity contribution in [2.45, 2.75) is 284 Å². The first-order valence-corrected chi connectivity index (χ1v) is 25.8. The summed E-state index contributed by atoms with van der Waals surface area (Å²) < 4.78 is 16.7. The fourth-order valence-electron chi connectivity index (χ4n) is 7.49. The van der Waals surface area contributed by atoms with Crippen molar-refractivity contribution >= 4 is 17.9 Å². The monoisotopic (exact) mass is 831 g/mol. The summed E-state index contributed by atoms with van der Waals surface area (Å²) in [7, 11) is 0. The number of unbranched alkanes of at least 4 members (excludes halogenated alkanes) is 32. The molecular formula is C53H98O6. The standard InChI is InChI=1S/C53H98O6/c1-4-7-10-13-16-18-20-22-24-25-26-27-28-29-30-32-33-35-37-40-43-46-52(55)58-49-50(48-57-51(54)45-42-39-15-12-9-6-3)59-53(56)47-44-41-38-36-34-31-23-21-19-17-14-11-8-5-2/h21,23,25-26,50H,4-20,22,24,27-49H2,1-3H3/b23-21-,26-25-. The lowest BCUT2D eigenvalue weighted by Gasteiger charge is -2.18. The van der Waals surface area contributed by atoms with Gasteiger partial charge in [0, 0.05) is 19.3 Å². The van der Waals surface area contributed by atoms with Crippen molar-refractivity contribution in [1.29, 1.82) is 0 Å². The molecule has 0 heterocycles. The van der Waals surface area contributed by atoms with Gasteiger partial charge in [0.2, 0.25) is 0 Å². The Morgan fingerprint density at radius 1 is 0.322 bits per heavy atom. The lowest BCUT2D eigenvalue weighted by atomic mass is 10.1. The van der Waals surface area contributed by atoms with Crippen molar-refractivity contribution in [2.24, 2.45) is 0 Å². The molecular weight excluding hydrogens is 733 g/mol. The topological polar surface area (TPSA) is 78.9 Å². The van der Waals surface area contributed by atoms with Crippen LogP contribution in [0.4, 0.5) is 0 Å². The summed E-state index contributed by atoms with van der Waals surface area (Å²) in [5.41, 5.74) is 0. The number of carbonyl (C=O) groups is 3. The van der Waals surface area contributed by atoms with Crippen LogP contribution in [0.3, 0.4) is 0 Å². The molecule has 0 radical (unpaired) electrons. The highest BCUT2D eigenvalue weighted by atomic mass is 16.6. The Morgan fingerprint density at radius 3 is 0.847 bits per heavy atom. The van der Waals surface area contributed by atoms with Gasteiger partial charge in [0.15, 0.2) is 6.10 Å². The zero-order chi connectivity index (χ0) is 43.0. The average Bonchev–Trinajstić information content (AvgIpc) is 3.23. The zero-order valence-electron chi connectivity index (χ0n) is 39.5. The minimum absolute atomic E-state index is 0.0732. The summed E-state index contributed by atoms with van der Waals surface area (Å²) in [5, 5.41) is 0. The van der Waals surface area contributed by atoms with Crippen LogP contribution in [0, 0.1) is 0 Å². The van der Waals surface area contributed by atoms with Gasteiger partial charge in [-0.2, -0.15) is 0 Å². The van der Waals surface area contributed by atoms with E-state index in [1.165, 1.54) is 173 Å². The Hall–Kier alpha value is -2.11. The summed E-state index contributed by atoms with van der Waals surface area (Å²) in [6.07, 6.45) is 54.8. The number of ether oxygens (including phenoxy) is 3. The van der Waals surface area contributed by atoms with Crippen molar-refractivity contribution in [3.05, 3.63) is 24.3 Å². The summed E-state index contributed by atoms with van der Waals surface area (Å²) in [4.78, 5) is 37.7. The maximum absolute atomic E-state index is 12.7. The molecule has 0 rings (SSSR count). The molecule has 0 N–H and O–H groups in total. The molecule has 1 unspecified atom stereocenters. The Labute approximate surface area is 366 Å². The number of hydrogen-bond donors (Lipinski definition) is 0. The maximum atomic E-state index is 12.7. The fourth-order valence-corrected chi connectivity index (χ4v) is 7.49. The maximum Gasteiger partial charge on any atom is 0.306 e. The van der Waals surface area contributed by atoms with Crippen LogP contribution in [-0.4, -0.2) is 37.2 Å². The molecule has 6 nitrogen and oxygen atoms in total. The van der Waals surface area contributed by atoms with Crippen molar-refractivity contribution < 1.29 is 28.6 Å². The molecule has 0 bridgehead atoms. The smallest absolute Gasteiger partial charge is 0.306 e. The predicted octanol–water partition coefficient (Wildman–Crippen LogP) is 16.8. The Kier molecular flexibility index (Phi) is 46.8. The highest BCUT2D eigenvalue weighted by Gasteiger charge is 2.19. The van der Waals surface area contributed by atoms with Gasteiger partial charge in [-0.15, -0.1) is 0 Å². The molecule has 0 aliphatic carbocycles. The second kappa shape index (κ2) is 48.6. The van der Waals surface area contributed by atoms with Crippen LogP contribution in [0.1, 0.15) is 278 Å². The van der Waals surface area contributed by atoms with Crippen LogP contribution < -0.4 is 0 Å². The number of carbonyl (C=O) groups excluding carboxylic acids is 3. The SMILES string of the molecule is CCCCCCC/C=C\CCCCCCCC(=O)OC(COC(=O)CCCCCCCC)COC(=O)CCCCCCCCCCC/C=C\CCCCCCCCCC. The van der Waals surface area contributed by atoms with E-state index in [1.54, 1.807) is 0 Å². The molecule has 0 aliphatic rings. The highest BCUT2D eigenvalue weighted by molar-refractivity contribution is 5.71. The van der Waals surface area contributed by atoms with Gasteiger partial charge in [0.05, 0.1) is 0 Å². The van der Waals surface area contributed by atoms with Gasteiger partial charge in [-0.25, -0.2) is 0 Å². The van der Waals surface area contributed by atoms with Gasteiger partial charge in [-0.3, -0.25) is 14.4 Å². The largest absolute Gasteiger partial charge is 0.462 e. The first kappa shape index (κ1) is 56.9. The first-order valence-electron chi connectivity index (χ1n) is 25.8. The van der Waals surface area contributed by atoms with Crippen LogP contribution in [0.5, 0.6) is 0 Å². The highest BCUT2D eigenvalue weighted by Crippen LogP contribution is 2.15. The minimum Gasteiger partial charge on any atom is -0.462 e. The molecule has 0 amide bonds. The number of esters is 3. The van der Waals surface area contributed by atoms with Crippen LogP contribution in [0.25, 0.3) is 0 Å². The molecule has 0 saturated heterocycles. The van der Waals surface area contributed by atoms with Crippen molar-refractivity contribution in [2.75, 3.05) is 13.2 Å². The fraction of sp³-hybridized carbons (Fsp3) is 0.868. The molecule has 0 aromatic carbocycles. The van der Waals surface area contributed by atoms with Crippen molar-refractivity contribution in [1.82, 2.24) is 0 Å². The Morgan fingerprint density at radius 2 is 0.559 bits per heavy atom. The molecule has 0 fully saturated rings. The molecule has 346 valence electrons. The lowest BCUT2D eigenvalue weighted by molar-refractivity contribution is -0.167. The minimum atomic E-state index is -0.769. The van der Waals surface area contributed by atoms with Crippen LogP contribution >= 0.6 is 0 Å². The normalized spacial score (nSPS) is 12.1. The molecule has 59 heavy (non-hydrogen) atoms. The second-order valence-corrected chi connectivity index (χ2v) is 17.4. The molecule has 0 aromatic heterocycles. The van der Waals surface area contributed by atoms with E-state index in [1.807, 2.05) is 0 Å². The average molecular weight is 831 g/mol. The van der Waals surface area contributed by atoms with E-state index in [-0.39, 0.29) is 31.1 Å². The third-order valence-electron chi connectivity index (χ3n) is 11.4. The molecule has 0 saturated carbocycles. The molecule has 0 aromatic rings. The third-order valence-corrected chi connectivity index (χ3v) is 11.4. The molecule has 0 aliphatic heterocycles. The van der Waals surface area contributed by atoms with E-state index in [4.69, 9.17) is 14.2 Å². The number of rotatable bonds is 47. The summed E-state index contributed by atoms with van der Waals surface area (Å²) in [6, 6.07) is 0. The van der Waals surface area contributed by atoms with Crippen molar-refractivity contribution in [3.63, 3.8) is 0 Å². The van der Waals surface area contributed by atoms with Gasteiger partial charge in [0.25, 0.3) is 0 Å². The van der Waals surface area contributed by atoms with E-state index in [2.05, 4.69) is 45.1 Å². The van der Waals surface area contributed by atoms with Crippen LogP contribution in [0.15, 0.2) is 24.3 Å². The number of hydrogen-bond acceptors (Lipinski definition) is 6. The van der Waals surface area contributed by atoms with Crippen LogP contribution in [-0.2, 0) is 28.6 Å². The van der Waals surface area contributed by atoms with Gasteiger partial charge < -0.3 is 14.2 Å². The Bertz CT molecular complexity index is 958. The van der Waals surface area contributed by atoms with Crippen LogP contribution in [0.2, 0.25) is 0 Å². The number of allylic oxidation sites excluding steroid dienone is 4. The third kappa shape index (κ3) is 46.8. The van der Waals surface area contributed by atoms with E-state index < -0.39 is 6.10 Å². The molecule has 0 spiro atoms. The summed E-state index contributed by atoms with van der Waals surface area (Å²) >= 11 is 0. The van der Waals surface area contributed by atoms with Gasteiger partial charge in [0.1, 0.15) is 13.2 Å². The van der Waals surface area contributed by atoms with Crippen molar-refractivity contribution in [3.8, 4) is 0 Å². The van der Waals surface area contributed by atoms with Gasteiger partial charge in [-0.1, -0.05) is 212 Å². The lowest BCUT2D eigenvalue weighted by Crippen LogP contribution is -2.30. The molecule has 6 heteroatoms. The zero-order valence-corrected chi connectivity index (χ0v) is 39.5. The van der Waals surface area contributed by atoms with E-state index in [0.717, 1.165) is 64.2 Å². The first-order chi connectivity index (χ1) is 29.0. The predicted molar refractivity (Wildman–Crippen MR) is 252 cm³/mol. The second-order valence-electron chi connectivity index (χ2n) is 17.4. The van der Waals surface area contributed by atoms with Gasteiger partial charge in [-0.05, 0) is 70.6 Å². The molecule has 1 atom stereocenters. The summed E-state index contributed by atoms with van der Waals surface area (Å²) in [6.45, 7) is 6.58. The van der Waals surface area contributed by atoms with Gasteiger partial charge >= 0.3 is 17.9 Å². The Balaban J connectivity index is 4.15. The summed E-state index contributed by atoms with van der Waals surface area (Å²) in [5.74, 6) is -0.884. The van der Waals surface area contributed by atoms with E-state index in [9.17, 15) is 14.4 Å². The van der Waals surface area contributed by atoms with E-state index >= 15 is 0 Å².